The number of hydrogen-bond acceptors (Lipinski definition) is 5. The number of rotatable bonds is 5. The summed E-state index contributed by atoms with van der Waals surface area (Å²) in [7, 11) is 0. The summed E-state index contributed by atoms with van der Waals surface area (Å²) in [6.07, 6.45) is 8.99. The molecule has 4 heterocycles. The Morgan fingerprint density at radius 2 is 1.81 bits per heavy atom. The Balaban J connectivity index is 1.23. The number of piperidine rings is 1. The molecule has 0 aliphatic carbocycles. The van der Waals surface area contributed by atoms with E-state index in [0.717, 1.165) is 90.3 Å². The van der Waals surface area contributed by atoms with Crippen LogP contribution in [-0.4, -0.2) is 90.4 Å². The fourth-order valence-electron chi connectivity index (χ4n) is 5.15. The largest absolute Gasteiger partial charge is 0.354 e. The smallest absolute Gasteiger partial charge is 0.242 e. The first kappa shape index (κ1) is 22.1. The molecule has 2 amide bonds. The number of carbonyl (C=O) groups excluding carboxylic acids is 2. The molecule has 3 saturated heterocycles. The Morgan fingerprint density at radius 3 is 2.61 bits per heavy atom. The minimum atomic E-state index is 0.138. The van der Waals surface area contributed by atoms with E-state index in [9.17, 15) is 9.59 Å². The van der Waals surface area contributed by atoms with Crippen LogP contribution in [0.2, 0.25) is 0 Å². The third-order valence-corrected chi connectivity index (χ3v) is 6.98. The summed E-state index contributed by atoms with van der Waals surface area (Å²) in [6.45, 7) is 7.84. The average Bonchev–Trinajstić information content (AvgIpc) is 2.80. The number of amides is 2. The molecule has 3 aliphatic heterocycles. The second-order valence-corrected chi connectivity index (χ2v) is 9.30. The third-order valence-electron chi connectivity index (χ3n) is 6.98. The minimum Gasteiger partial charge on any atom is -0.354 e. The summed E-state index contributed by atoms with van der Waals surface area (Å²) in [4.78, 5) is 38.5. The van der Waals surface area contributed by atoms with Crippen molar-refractivity contribution in [1.29, 1.82) is 0 Å². The highest BCUT2D eigenvalue weighted by atomic mass is 16.2. The van der Waals surface area contributed by atoms with Gasteiger partial charge in [0.05, 0.1) is 6.54 Å². The normalized spacial score (nSPS) is 24.1. The van der Waals surface area contributed by atoms with Crippen LogP contribution in [0.3, 0.4) is 0 Å². The molecule has 0 bridgehead atoms. The molecule has 0 radical (unpaired) electrons. The molecule has 0 aromatic carbocycles. The van der Waals surface area contributed by atoms with Crippen LogP contribution in [0.15, 0.2) is 24.4 Å². The molecule has 0 N–H and O–H groups in total. The minimum absolute atomic E-state index is 0.138. The third kappa shape index (κ3) is 6.19. The van der Waals surface area contributed by atoms with E-state index in [4.69, 9.17) is 0 Å². The van der Waals surface area contributed by atoms with Crippen LogP contribution in [-0.2, 0) is 9.59 Å². The number of likely N-dealkylation sites (tertiary alicyclic amines) is 2. The number of aromatic nitrogens is 1. The van der Waals surface area contributed by atoms with Gasteiger partial charge in [-0.2, -0.15) is 0 Å². The molecule has 3 aliphatic rings. The van der Waals surface area contributed by atoms with Crippen LogP contribution in [0.4, 0.5) is 5.82 Å². The molecule has 1 unspecified atom stereocenters. The van der Waals surface area contributed by atoms with E-state index in [1.54, 1.807) is 0 Å². The van der Waals surface area contributed by atoms with Gasteiger partial charge in [-0.05, 0) is 43.7 Å². The van der Waals surface area contributed by atoms with Gasteiger partial charge in [0.25, 0.3) is 0 Å². The summed E-state index contributed by atoms with van der Waals surface area (Å²) in [5, 5.41) is 0. The van der Waals surface area contributed by atoms with Gasteiger partial charge in [-0.3, -0.25) is 14.5 Å². The van der Waals surface area contributed by atoms with Crippen LogP contribution in [0, 0.1) is 5.92 Å². The van der Waals surface area contributed by atoms with E-state index in [2.05, 4.69) is 20.9 Å². The second-order valence-electron chi connectivity index (χ2n) is 9.30. The molecule has 1 aromatic rings. The van der Waals surface area contributed by atoms with Crippen molar-refractivity contribution >= 4 is 17.6 Å². The maximum Gasteiger partial charge on any atom is 0.242 e. The van der Waals surface area contributed by atoms with E-state index in [1.807, 2.05) is 28.1 Å². The van der Waals surface area contributed by atoms with Crippen molar-refractivity contribution in [2.45, 2.75) is 44.9 Å². The molecule has 0 spiro atoms. The molecule has 1 aromatic heterocycles. The number of nitrogens with zero attached hydrogens (tertiary/aromatic N) is 5. The maximum atomic E-state index is 13.0. The van der Waals surface area contributed by atoms with Crippen LogP contribution in [0.25, 0.3) is 0 Å². The van der Waals surface area contributed by atoms with Crippen molar-refractivity contribution in [3.8, 4) is 0 Å². The Bertz CT molecular complexity index is 720. The van der Waals surface area contributed by atoms with E-state index in [0.29, 0.717) is 12.3 Å². The lowest BCUT2D eigenvalue weighted by atomic mass is 9.97. The summed E-state index contributed by atoms with van der Waals surface area (Å²) in [5.74, 6) is 1.89. The van der Waals surface area contributed by atoms with Gasteiger partial charge < -0.3 is 14.7 Å². The van der Waals surface area contributed by atoms with E-state index < -0.39 is 0 Å². The second kappa shape index (κ2) is 10.9. The highest BCUT2D eigenvalue weighted by Crippen LogP contribution is 2.20. The first-order chi connectivity index (χ1) is 15.2. The molecule has 170 valence electrons. The van der Waals surface area contributed by atoms with Gasteiger partial charge in [-0.15, -0.1) is 0 Å². The SMILES string of the molecule is O=C1CCCCCCN1CC(=O)N1CCCC(CN2CCN(c3ccccn3)CC2)C1. The van der Waals surface area contributed by atoms with Crippen molar-refractivity contribution in [1.82, 2.24) is 19.7 Å². The Labute approximate surface area is 186 Å². The maximum absolute atomic E-state index is 13.0. The molecule has 7 nitrogen and oxygen atoms in total. The topological polar surface area (TPSA) is 60.0 Å². The zero-order chi connectivity index (χ0) is 21.5. The van der Waals surface area contributed by atoms with Gasteiger partial charge in [0.2, 0.25) is 11.8 Å². The fraction of sp³-hybridized carbons (Fsp3) is 0.708. The zero-order valence-corrected chi connectivity index (χ0v) is 18.8. The molecule has 1 atom stereocenters. The van der Waals surface area contributed by atoms with Gasteiger partial charge in [0.1, 0.15) is 5.82 Å². The lowest BCUT2D eigenvalue weighted by molar-refractivity contribution is -0.142. The van der Waals surface area contributed by atoms with Crippen molar-refractivity contribution in [3.05, 3.63) is 24.4 Å². The predicted molar refractivity (Wildman–Crippen MR) is 122 cm³/mol. The first-order valence-corrected chi connectivity index (χ1v) is 12.1. The predicted octanol–water partition coefficient (Wildman–Crippen LogP) is 2.23. The molecule has 7 heteroatoms. The summed E-state index contributed by atoms with van der Waals surface area (Å²) in [6, 6.07) is 6.08. The quantitative estimate of drug-likeness (QED) is 0.721. The monoisotopic (exact) mass is 427 g/mol. The molecule has 3 fully saturated rings. The lowest BCUT2D eigenvalue weighted by Crippen LogP contribution is -2.51. The number of piperazine rings is 1. The molecule has 4 rings (SSSR count). The number of hydrogen-bond donors (Lipinski definition) is 0. The standard InChI is InChI=1S/C24H37N5O2/c30-23-10-3-1-2-6-12-29(23)20-24(31)28-13-7-8-21(19-28)18-26-14-16-27(17-15-26)22-9-4-5-11-25-22/h4-5,9,11,21H,1-3,6-8,10,12-20H2. The van der Waals surface area contributed by atoms with Gasteiger partial charge in [0.15, 0.2) is 0 Å². The van der Waals surface area contributed by atoms with Crippen molar-refractivity contribution in [2.75, 3.05) is 63.8 Å². The number of anilines is 1. The zero-order valence-electron chi connectivity index (χ0n) is 18.8. The number of pyridine rings is 1. The van der Waals surface area contributed by atoms with Gasteiger partial charge in [0, 0.05) is 65.0 Å². The van der Waals surface area contributed by atoms with Crippen molar-refractivity contribution < 1.29 is 9.59 Å². The molecular formula is C24H37N5O2. The van der Waals surface area contributed by atoms with E-state index >= 15 is 0 Å². The van der Waals surface area contributed by atoms with Crippen LogP contribution < -0.4 is 4.90 Å². The first-order valence-electron chi connectivity index (χ1n) is 12.1. The average molecular weight is 428 g/mol. The lowest BCUT2D eigenvalue weighted by Gasteiger charge is -2.40. The van der Waals surface area contributed by atoms with Crippen LogP contribution in [0.1, 0.15) is 44.9 Å². The Kier molecular flexibility index (Phi) is 7.78. The van der Waals surface area contributed by atoms with E-state index in [1.165, 1.54) is 6.42 Å². The van der Waals surface area contributed by atoms with Gasteiger partial charge in [-0.1, -0.05) is 18.9 Å². The summed E-state index contributed by atoms with van der Waals surface area (Å²) < 4.78 is 0. The summed E-state index contributed by atoms with van der Waals surface area (Å²) in [5.41, 5.74) is 0. The molecule has 0 saturated carbocycles. The van der Waals surface area contributed by atoms with Gasteiger partial charge in [-0.25, -0.2) is 4.98 Å². The fourth-order valence-corrected chi connectivity index (χ4v) is 5.15. The van der Waals surface area contributed by atoms with Crippen molar-refractivity contribution in [3.63, 3.8) is 0 Å². The van der Waals surface area contributed by atoms with Crippen LogP contribution in [0.5, 0.6) is 0 Å². The highest BCUT2D eigenvalue weighted by Gasteiger charge is 2.28. The molecule has 31 heavy (non-hydrogen) atoms. The Morgan fingerprint density at radius 1 is 0.968 bits per heavy atom. The Hall–Kier alpha value is -2.15. The number of carbonyl (C=O) groups is 2. The van der Waals surface area contributed by atoms with Crippen molar-refractivity contribution in [2.24, 2.45) is 5.92 Å². The molecular weight excluding hydrogens is 390 g/mol. The van der Waals surface area contributed by atoms with E-state index in [-0.39, 0.29) is 18.4 Å². The summed E-state index contributed by atoms with van der Waals surface area (Å²) >= 11 is 0. The highest BCUT2D eigenvalue weighted by molar-refractivity contribution is 5.85. The van der Waals surface area contributed by atoms with Crippen LogP contribution >= 0.6 is 0 Å². The van der Waals surface area contributed by atoms with Gasteiger partial charge >= 0.3 is 0 Å².